The molecule has 0 radical (unpaired) electrons. The molecule has 1 amide bonds. The van der Waals surface area contributed by atoms with E-state index < -0.39 is 0 Å². The Kier molecular flexibility index (Phi) is 7.03. The first-order chi connectivity index (χ1) is 12.3. The average molecular weight is 360 g/mol. The highest BCUT2D eigenvalue weighted by Crippen LogP contribution is 2.15. The molecule has 1 aromatic carbocycles. The van der Waals surface area contributed by atoms with Crippen molar-refractivity contribution >= 4 is 11.9 Å². The predicted octanol–water partition coefficient (Wildman–Crippen LogP) is 2.10. The lowest BCUT2D eigenvalue weighted by Crippen LogP contribution is -2.42. The fourth-order valence-corrected chi connectivity index (χ4v) is 3.22. The lowest BCUT2D eigenvalue weighted by Gasteiger charge is -2.23. The number of likely N-dealkylation sites (tertiary alicyclic amines) is 1. The van der Waals surface area contributed by atoms with Gasteiger partial charge in [0.15, 0.2) is 5.96 Å². The summed E-state index contributed by atoms with van der Waals surface area (Å²) in [6.07, 6.45) is 2.46. The fourth-order valence-electron chi connectivity index (χ4n) is 3.22. The van der Waals surface area contributed by atoms with Crippen molar-refractivity contribution in [2.75, 3.05) is 19.6 Å². The van der Waals surface area contributed by atoms with E-state index in [0.29, 0.717) is 24.1 Å². The number of guanidine groups is 1. The fraction of sp³-hybridized carbons (Fsp3) is 0.600. The summed E-state index contributed by atoms with van der Waals surface area (Å²) in [5.41, 5.74) is 7.36. The van der Waals surface area contributed by atoms with Gasteiger partial charge in [-0.05, 0) is 64.4 Å². The number of carbonyl (C=O) groups is 1. The summed E-state index contributed by atoms with van der Waals surface area (Å²) < 4.78 is 0. The highest BCUT2D eigenvalue weighted by Gasteiger charge is 2.22. The van der Waals surface area contributed by atoms with Crippen molar-refractivity contribution < 1.29 is 4.79 Å². The number of hydrogen-bond acceptors (Lipinski definition) is 3. The van der Waals surface area contributed by atoms with E-state index in [0.717, 1.165) is 18.7 Å². The average Bonchev–Trinajstić information content (AvgIpc) is 3.04. The molecule has 2 rings (SSSR count). The van der Waals surface area contributed by atoms with Gasteiger partial charge in [-0.15, -0.1) is 0 Å². The van der Waals surface area contributed by atoms with E-state index in [2.05, 4.69) is 27.4 Å². The number of rotatable bonds is 6. The minimum Gasteiger partial charge on any atom is -0.370 e. The van der Waals surface area contributed by atoms with Crippen LogP contribution >= 0.6 is 0 Å². The summed E-state index contributed by atoms with van der Waals surface area (Å²) in [6, 6.07) is 8.06. The molecule has 0 bridgehead atoms. The summed E-state index contributed by atoms with van der Waals surface area (Å²) in [5, 5.41) is 6.21. The van der Waals surface area contributed by atoms with Gasteiger partial charge in [0, 0.05) is 23.7 Å². The van der Waals surface area contributed by atoms with Crippen molar-refractivity contribution in [3.63, 3.8) is 0 Å². The second kappa shape index (κ2) is 9.03. The molecule has 144 valence electrons. The molecule has 0 aliphatic carbocycles. The van der Waals surface area contributed by atoms with Gasteiger partial charge in [-0.1, -0.05) is 19.1 Å². The van der Waals surface area contributed by atoms with E-state index in [1.807, 2.05) is 45.0 Å². The van der Waals surface area contributed by atoms with Crippen LogP contribution in [0.25, 0.3) is 0 Å². The van der Waals surface area contributed by atoms with Gasteiger partial charge in [-0.3, -0.25) is 9.69 Å². The Morgan fingerprint density at radius 2 is 2.15 bits per heavy atom. The number of carbonyl (C=O) groups excluding carboxylic acids is 1. The molecule has 1 atom stereocenters. The molecule has 1 heterocycles. The molecule has 0 saturated carbocycles. The molecule has 1 fully saturated rings. The normalized spacial score (nSPS) is 18.8. The molecular formula is C20H33N5O. The molecule has 1 aliphatic heterocycles. The number of hydrogen-bond donors (Lipinski definition) is 3. The molecule has 1 aromatic rings. The van der Waals surface area contributed by atoms with Crippen LogP contribution in [-0.4, -0.2) is 48.0 Å². The van der Waals surface area contributed by atoms with E-state index in [1.54, 1.807) is 0 Å². The van der Waals surface area contributed by atoms with Gasteiger partial charge in [0.1, 0.15) is 0 Å². The van der Waals surface area contributed by atoms with Crippen LogP contribution in [0.4, 0.5) is 0 Å². The van der Waals surface area contributed by atoms with Crippen LogP contribution in [0.5, 0.6) is 0 Å². The highest BCUT2D eigenvalue weighted by molar-refractivity contribution is 5.94. The molecule has 1 aliphatic rings. The summed E-state index contributed by atoms with van der Waals surface area (Å²) in [5.74, 6) is 0.382. The Labute approximate surface area is 157 Å². The lowest BCUT2D eigenvalue weighted by molar-refractivity contribution is 0.0919. The van der Waals surface area contributed by atoms with Crippen LogP contribution < -0.4 is 16.4 Å². The van der Waals surface area contributed by atoms with Crippen molar-refractivity contribution in [1.29, 1.82) is 0 Å². The zero-order valence-corrected chi connectivity index (χ0v) is 16.5. The van der Waals surface area contributed by atoms with Crippen molar-refractivity contribution in [3.05, 3.63) is 35.4 Å². The quantitative estimate of drug-likeness (QED) is 0.537. The van der Waals surface area contributed by atoms with Crippen molar-refractivity contribution in [1.82, 2.24) is 15.5 Å². The van der Waals surface area contributed by atoms with Crippen LogP contribution in [0.3, 0.4) is 0 Å². The standard InChI is InChI=1S/C20H33N5O/c1-5-25-11-7-10-17(25)14-23-19(21)22-13-15-8-6-9-16(12-15)18(26)24-20(2,3)4/h6,8-9,12,17H,5,7,10-11,13-14H2,1-4H3,(H,24,26)(H3,21,22,23). The van der Waals surface area contributed by atoms with Crippen LogP contribution in [0.15, 0.2) is 29.3 Å². The van der Waals surface area contributed by atoms with Gasteiger partial charge in [0.2, 0.25) is 0 Å². The Morgan fingerprint density at radius 1 is 1.38 bits per heavy atom. The number of aliphatic imine (C=N–C) groups is 1. The van der Waals surface area contributed by atoms with Crippen LogP contribution in [0, 0.1) is 0 Å². The summed E-state index contributed by atoms with van der Waals surface area (Å²) in [6.45, 7) is 11.6. The molecular weight excluding hydrogens is 326 g/mol. The second-order valence-electron chi connectivity index (χ2n) is 7.91. The molecule has 4 N–H and O–H groups in total. The Balaban J connectivity index is 1.88. The number of nitrogens with one attached hydrogen (secondary N) is 2. The Bertz CT molecular complexity index is 635. The third-order valence-electron chi connectivity index (χ3n) is 4.53. The van der Waals surface area contributed by atoms with E-state index >= 15 is 0 Å². The summed E-state index contributed by atoms with van der Waals surface area (Å²) in [7, 11) is 0. The van der Waals surface area contributed by atoms with Gasteiger partial charge in [0.05, 0.1) is 6.54 Å². The zero-order chi connectivity index (χ0) is 19.2. The van der Waals surface area contributed by atoms with Gasteiger partial charge >= 0.3 is 0 Å². The number of nitrogens with zero attached hydrogens (tertiary/aromatic N) is 2. The van der Waals surface area contributed by atoms with Gasteiger partial charge in [-0.25, -0.2) is 4.99 Å². The molecule has 0 aromatic heterocycles. The summed E-state index contributed by atoms with van der Waals surface area (Å²) >= 11 is 0. The first kappa shape index (κ1) is 20.2. The predicted molar refractivity (Wildman–Crippen MR) is 107 cm³/mol. The first-order valence-corrected chi connectivity index (χ1v) is 9.48. The molecule has 1 saturated heterocycles. The molecule has 26 heavy (non-hydrogen) atoms. The maximum atomic E-state index is 12.3. The number of amides is 1. The molecule has 6 nitrogen and oxygen atoms in total. The lowest BCUT2D eigenvalue weighted by atomic mass is 10.1. The number of nitrogens with two attached hydrogens (primary N) is 1. The first-order valence-electron chi connectivity index (χ1n) is 9.48. The molecule has 1 unspecified atom stereocenters. The van der Waals surface area contributed by atoms with E-state index in [-0.39, 0.29) is 11.4 Å². The van der Waals surface area contributed by atoms with Crippen molar-refractivity contribution in [3.8, 4) is 0 Å². The molecule has 6 heteroatoms. The Hall–Kier alpha value is -2.08. The van der Waals surface area contributed by atoms with Crippen LogP contribution in [-0.2, 0) is 6.54 Å². The Morgan fingerprint density at radius 3 is 2.85 bits per heavy atom. The minimum absolute atomic E-state index is 0.0738. The SMILES string of the molecule is CCN1CCCC1CNC(N)=NCc1cccc(C(=O)NC(C)(C)C)c1. The van der Waals surface area contributed by atoms with Gasteiger partial charge in [0.25, 0.3) is 5.91 Å². The molecule has 0 spiro atoms. The van der Waals surface area contributed by atoms with E-state index in [9.17, 15) is 4.79 Å². The monoisotopic (exact) mass is 359 g/mol. The van der Waals surface area contributed by atoms with Crippen molar-refractivity contribution in [2.45, 2.75) is 58.7 Å². The minimum atomic E-state index is -0.258. The summed E-state index contributed by atoms with van der Waals surface area (Å²) in [4.78, 5) is 19.2. The maximum absolute atomic E-state index is 12.3. The van der Waals surface area contributed by atoms with Crippen LogP contribution in [0.2, 0.25) is 0 Å². The maximum Gasteiger partial charge on any atom is 0.251 e. The smallest absolute Gasteiger partial charge is 0.251 e. The van der Waals surface area contributed by atoms with E-state index in [4.69, 9.17) is 5.73 Å². The largest absolute Gasteiger partial charge is 0.370 e. The van der Waals surface area contributed by atoms with Gasteiger partial charge < -0.3 is 16.4 Å². The van der Waals surface area contributed by atoms with Crippen LogP contribution in [0.1, 0.15) is 56.5 Å². The second-order valence-corrected chi connectivity index (χ2v) is 7.91. The number of likely N-dealkylation sites (N-methyl/N-ethyl adjacent to an activating group) is 1. The third kappa shape index (κ3) is 6.33. The number of benzene rings is 1. The topological polar surface area (TPSA) is 82.8 Å². The third-order valence-corrected chi connectivity index (χ3v) is 4.53. The van der Waals surface area contributed by atoms with E-state index in [1.165, 1.54) is 19.4 Å². The highest BCUT2D eigenvalue weighted by atomic mass is 16.1. The van der Waals surface area contributed by atoms with Crippen molar-refractivity contribution in [2.24, 2.45) is 10.7 Å². The van der Waals surface area contributed by atoms with Gasteiger partial charge in [-0.2, -0.15) is 0 Å². The zero-order valence-electron chi connectivity index (χ0n) is 16.5.